The molecule has 2 aromatic carbocycles. The van der Waals surface area contributed by atoms with Gasteiger partial charge in [0, 0.05) is 23.6 Å². The van der Waals surface area contributed by atoms with Crippen molar-refractivity contribution in [1.29, 1.82) is 0 Å². The van der Waals surface area contributed by atoms with Gasteiger partial charge in [-0.3, -0.25) is 9.69 Å². The molecule has 0 aromatic heterocycles. The molecule has 0 aliphatic carbocycles. The Balaban J connectivity index is 1.55. The van der Waals surface area contributed by atoms with Crippen LogP contribution in [0.2, 0.25) is 5.02 Å². The summed E-state index contributed by atoms with van der Waals surface area (Å²) in [5, 5.41) is 0.582. The average Bonchev–Trinajstić information content (AvgIpc) is 3.06. The number of hydrogen-bond acceptors (Lipinski definition) is 5. The summed E-state index contributed by atoms with van der Waals surface area (Å²) in [6.07, 6.45) is 3.65. The van der Waals surface area contributed by atoms with Gasteiger partial charge in [0.25, 0.3) is 5.91 Å². The summed E-state index contributed by atoms with van der Waals surface area (Å²) in [5.41, 5.74) is 2.09. The fourth-order valence-electron chi connectivity index (χ4n) is 3.24. The molecule has 3 rings (SSSR count). The maximum absolute atomic E-state index is 12.5. The molecule has 0 unspecified atom stereocenters. The number of rotatable bonds is 10. The lowest BCUT2D eigenvalue weighted by atomic mass is 9.99. The Bertz CT molecular complexity index is 991. The van der Waals surface area contributed by atoms with Gasteiger partial charge in [0.15, 0.2) is 0 Å². The van der Waals surface area contributed by atoms with E-state index in [9.17, 15) is 4.79 Å². The van der Waals surface area contributed by atoms with Crippen LogP contribution in [0.1, 0.15) is 50.7 Å². The number of halogens is 1. The largest absolute Gasteiger partial charge is 0.493 e. The van der Waals surface area contributed by atoms with E-state index in [2.05, 4.69) is 26.0 Å². The van der Waals surface area contributed by atoms with Gasteiger partial charge in [0.05, 0.1) is 18.1 Å². The molecule has 1 saturated heterocycles. The second kappa shape index (κ2) is 11.7. The van der Waals surface area contributed by atoms with Crippen LogP contribution in [0, 0.1) is 0 Å². The third-order valence-electron chi connectivity index (χ3n) is 5.32. The van der Waals surface area contributed by atoms with E-state index in [1.807, 2.05) is 25.1 Å². The third-order valence-corrected chi connectivity index (χ3v) is 6.94. The molecule has 0 saturated carbocycles. The van der Waals surface area contributed by atoms with Gasteiger partial charge in [0.2, 0.25) is 0 Å². The van der Waals surface area contributed by atoms with Crippen molar-refractivity contribution in [2.24, 2.45) is 0 Å². The van der Waals surface area contributed by atoms with Crippen molar-refractivity contribution in [3.05, 3.63) is 63.5 Å². The SMILES string of the molecule is CC[C@H](C)c1ccc(OCCCOc2ccc(Cl)cc2/C=C2\SC(=S)N(CC)C2=O)cc1. The predicted molar refractivity (Wildman–Crippen MR) is 138 cm³/mol. The van der Waals surface area contributed by atoms with Gasteiger partial charge >= 0.3 is 0 Å². The van der Waals surface area contributed by atoms with Crippen molar-refractivity contribution in [2.75, 3.05) is 19.8 Å². The molecule has 0 spiro atoms. The number of thioether (sulfide) groups is 1. The van der Waals surface area contributed by atoms with Gasteiger partial charge in [-0.05, 0) is 61.2 Å². The minimum Gasteiger partial charge on any atom is -0.493 e. The van der Waals surface area contributed by atoms with E-state index < -0.39 is 0 Å². The van der Waals surface area contributed by atoms with Crippen LogP contribution in [0.25, 0.3) is 6.08 Å². The first kappa shape index (κ1) is 24.6. The van der Waals surface area contributed by atoms with E-state index in [4.69, 9.17) is 33.3 Å². The Labute approximate surface area is 204 Å². The van der Waals surface area contributed by atoms with E-state index in [0.717, 1.165) is 24.2 Å². The molecule has 1 fully saturated rings. The average molecular weight is 490 g/mol. The molecule has 1 aliphatic heterocycles. The molecule has 1 heterocycles. The maximum Gasteiger partial charge on any atom is 0.266 e. The van der Waals surface area contributed by atoms with Crippen LogP contribution in [0.3, 0.4) is 0 Å². The maximum atomic E-state index is 12.5. The third kappa shape index (κ3) is 6.27. The van der Waals surface area contributed by atoms with Crippen LogP contribution in [-0.2, 0) is 4.79 Å². The molecule has 4 nitrogen and oxygen atoms in total. The highest BCUT2D eigenvalue weighted by atomic mass is 35.5. The molecule has 1 atom stereocenters. The van der Waals surface area contributed by atoms with Crippen LogP contribution in [0.4, 0.5) is 0 Å². The van der Waals surface area contributed by atoms with Gasteiger partial charge in [0.1, 0.15) is 15.8 Å². The van der Waals surface area contributed by atoms with Crippen LogP contribution >= 0.6 is 35.6 Å². The number of benzene rings is 2. The van der Waals surface area contributed by atoms with Gasteiger partial charge in [-0.25, -0.2) is 0 Å². The van der Waals surface area contributed by atoms with Crippen molar-refractivity contribution < 1.29 is 14.3 Å². The van der Waals surface area contributed by atoms with Gasteiger partial charge < -0.3 is 9.47 Å². The van der Waals surface area contributed by atoms with E-state index in [0.29, 0.717) is 45.7 Å². The molecule has 2 aromatic rings. The normalized spacial score (nSPS) is 16.0. The van der Waals surface area contributed by atoms with Crippen molar-refractivity contribution >= 4 is 51.9 Å². The summed E-state index contributed by atoms with van der Waals surface area (Å²) in [5.74, 6) is 2.01. The summed E-state index contributed by atoms with van der Waals surface area (Å²) in [7, 11) is 0. The van der Waals surface area contributed by atoms with Gasteiger partial charge in [-0.1, -0.05) is 61.6 Å². The van der Waals surface area contributed by atoms with Gasteiger partial charge in [-0.15, -0.1) is 0 Å². The Hall–Kier alpha value is -2.02. The fourth-order valence-corrected chi connectivity index (χ4v) is 4.79. The highest BCUT2D eigenvalue weighted by molar-refractivity contribution is 8.26. The number of hydrogen-bond donors (Lipinski definition) is 0. The van der Waals surface area contributed by atoms with Crippen LogP contribution < -0.4 is 9.47 Å². The fraction of sp³-hybridized carbons (Fsp3) is 0.360. The molecule has 7 heteroatoms. The lowest BCUT2D eigenvalue weighted by molar-refractivity contribution is -0.121. The molecule has 32 heavy (non-hydrogen) atoms. The second-order valence-electron chi connectivity index (χ2n) is 7.54. The number of ether oxygens (including phenoxy) is 2. The van der Waals surface area contributed by atoms with Crippen LogP contribution in [0.5, 0.6) is 11.5 Å². The zero-order valence-corrected chi connectivity index (χ0v) is 21.0. The summed E-state index contributed by atoms with van der Waals surface area (Å²) < 4.78 is 12.4. The van der Waals surface area contributed by atoms with Gasteiger partial charge in [-0.2, -0.15) is 0 Å². The number of carbonyl (C=O) groups is 1. The summed E-state index contributed by atoms with van der Waals surface area (Å²) in [6, 6.07) is 13.7. The highest BCUT2D eigenvalue weighted by Gasteiger charge is 2.30. The highest BCUT2D eigenvalue weighted by Crippen LogP contribution is 2.35. The predicted octanol–water partition coefficient (Wildman–Crippen LogP) is 6.92. The lowest BCUT2D eigenvalue weighted by Gasteiger charge is -2.12. The number of amides is 1. The number of thiocarbonyl (C=S) groups is 1. The molecular formula is C25H28ClNO3S2. The van der Waals surface area contributed by atoms with Crippen LogP contribution in [0.15, 0.2) is 47.4 Å². The molecular weight excluding hydrogens is 462 g/mol. The number of carbonyl (C=O) groups excluding carboxylic acids is 1. The Morgan fingerprint density at radius 2 is 1.84 bits per heavy atom. The number of nitrogens with zero attached hydrogens (tertiary/aromatic N) is 1. The topological polar surface area (TPSA) is 38.8 Å². The second-order valence-corrected chi connectivity index (χ2v) is 9.65. The first-order valence-electron chi connectivity index (χ1n) is 10.8. The standard InChI is InChI=1S/C25H28ClNO3S2/c1-4-17(3)18-7-10-21(11-8-18)29-13-6-14-30-22-12-9-20(26)15-19(22)16-23-24(28)27(5-2)25(31)32-23/h7-12,15-17H,4-6,13-14H2,1-3H3/b23-16-/t17-/m0/s1. The minimum absolute atomic E-state index is 0.0822. The molecule has 0 bridgehead atoms. The van der Waals surface area contributed by atoms with Crippen LogP contribution in [-0.4, -0.2) is 34.9 Å². The smallest absolute Gasteiger partial charge is 0.266 e. The molecule has 1 amide bonds. The van der Waals surface area contributed by atoms with E-state index in [1.54, 1.807) is 23.1 Å². The summed E-state index contributed by atoms with van der Waals surface area (Å²) >= 11 is 12.8. The molecule has 170 valence electrons. The molecule has 0 radical (unpaired) electrons. The van der Waals surface area contributed by atoms with Crippen molar-refractivity contribution in [1.82, 2.24) is 4.90 Å². The molecule has 0 N–H and O–H groups in total. The Morgan fingerprint density at radius 3 is 2.50 bits per heavy atom. The van der Waals surface area contributed by atoms with E-state index in [1.165, 1.54) is 17.3 Å². The zero-order chi connectivity index (χ0) is 23.1. The quantitative estimate of drug-likeness (QED) is 0.206. The lowest BCUT2D eigenvalue weighted by Crippen LogP contribution is -2.27. The zero-order valence-electron chi connectivity index (χ0n) is 18.6. The van der Waals surface area contributed by atoms with E-state index in [-0.39, 0.29) is 5.91 Å². The van der Waals surface area contributed by atoms with Crippen molar-refractivity contribution in [2.45, 2.75) is 39.5 Å². The summed E-state index contributed by atoms with van der Waals surface area (Å²) in [4.78, 5) is 14.7. The first-order chi connectivity index (χ1) is 15.4. The summed E-state index contributed by atoms with van der Waals surface area (Å²) in [6.45, 7) is 7.93. The van der Waals surface area contributed by atoms with Crippen molar-refractivity contribution in [3.63, 3.8) is 0 Å². The Kier molecular flexibility index (Phi) is 9.02. The first-order valence-corrected chi connectivity index (χ1v) is 12.4. The number of likely N-dealkylation sites (N-methyl/N-ethyl adjacent to an activating group) is 1. The monoisotopic (exact) mass is 489 g/mol. The van der Waals surface area contributed by atoms with E-state index >= 15 is 0 Å². The molecule has 1 aliphatic rings. The minimum atomic E-state index is -0.0822. The van der Waals surface area contributed by atoms with Crippen molar-refractivity contribution in [3.8, 4) is 11.5 Å². The Morgan fingerprint density at radius 1 is 1.12 bits per heavy atom.